The summed E-state index contributed by atoms with van der Waals surface area (Å²) in [5.74, 6) is -0.634. The Morgan fingerprint density at radius 3 is 0.701 bits per heavy atom. The summed E-state index contributed by atoms with van der Waals surface area (Å²) in [6.07, 6.45) is 58.4. The lowest BCUT2D eigenvalue weighted by molar-refractivity contribution is -0.161. The number of aliphatic hydroxyl groups excluding tert-OH is 1. The molecule has 2 unspecified atom stereocenters. The van der Waals surface area contributed by atoms with Gasteiger partial charge in [0.2, 0.25) is 0 Å². The Morgan fingerprint density at radius 1 is 0.278 bits per heavy atom. The second kappa shape index (κ2) is 69.8. The molecule has 0 aromatic carbocycles. The van der Waals surface area contributed by atoms with E-state index in [0.717, 1.165) is 102 Å². The monoisotopic (exact) mass is 1420 g/mol. The van der Waals surface area contributed by atoms with Crippen LogP contribution in [0.3, 0.4) is 0 Å². The summed E-state index contributed by atoms with van der Waals surface area (Å²) < 4.78 is 68.6. The highest BCUT2D eigenvalue weighted by atomic mass is 31.2. The van der Waals surface area contributed by atoms with Gasteiger partial charge in [-0.15, -0.1) is 0 Å². The summed E-state index contributed by atoms with van der Waals surface area (Å²) >= 11 is 0. The summed E-state index contributed by atoms with van der Waals surface area (Å²) in [5, 5.41) is 10.6. The molecule has 0 saturated carbocycles. The van der Waals surface area contributed by atoms with Crippen LogP contribution in [0, 0.1) is 11.8 Å². The number of aliphatic hydroxyl groups is 1. The first-order chi connectivity index (χ1) is 46.9. The third-order valence-corrected chi connectivity index (χ3v) is 20.1. The van der Waals surface area contributed by atoms with E-state index < -0.39 is 97.5 Å². The molecule has 0 aliphatic heterocycles. The van der Waals surface area contributed by atoms with Crippen LogP contribution in [-0.4, -0.2) is 96.7 Å². The topological polar surface area (TPSA) is 237 Å². The number of carbonyl (C=O) groups is 4. The van der Waals surface area contributed by atoms with E-state index in [4.69, 9.17) is 37.0 Å². The van der Waals surface area contributed by atoms with Crippen LogP contribution in [-0.2, 0) is 65.4 Å². The van der Waals surface area contributed by atoms with Crippen LogP contribution >= 0.6 is 15.6 Å². The van der Waals surface area contributed by atoms with Crippen molar-refractivity contribution in [3.8, 4) is 0 Å². The molecule has 576 valence electrons. The lowest BCUT2D eigenvalue weighted by Gasteiger charge is -2.21. The fourth-order valence-electron chi connectivity index (χ4n) is 12.0. The zero-order valence-corrected chi connectivity index (χ0v) is 65.2. The van der Waals surface area contributed by atoms with Crippen molar-refractivity contribution in [1.82, 2.24) is 0 Å². The van der Waals surface area contributed by atoms with Gasteiger partial charge in [0.25, 0.3) is 0 Å². The molecule has 5 atom stereocenters. The molecule has 0 aromatic heterocycles. The number of carbonyl (C=O) groups excluding carboxylic acids is 4. The van der Waals surface area contributed by atoms with E-state index in [1.165, 1.54) is 225 Å². The highest BCUT2D eigenvalue weighted by Crippen LogP contribution is 2.45. The molecule has 3 N–H and O–H groups in total. The predicted molar refractivity (Wildman–Crippen MR) is 395 cm³/mol. The number of ether oxygens (including phenoxy) is 4. The summed E-state index contributed by atoms with van der Waals surface area (Å²) in [6, 6.07) is 0. The summed E-state index contributed by atoms with van der Waals surface area (Å²) in [6.45, 7) is 9.56. The van der Waals surface area contributed by atoms with Gasteiger partial charge in [-0.25, -0.2) is 9.13 Å². The molecule has 97 heavy (non-hydrogen) atoms. The molecule has 0 spiro atoms. The number of phosphoric ester groups is 2. The van der Waals surface area contributed by atoms with Crippen LogP contribution in [0.2, 0.25) is 0 Å². The third kappa shape index (κ3) is 72.2. The minimum atomic E-state index is -4.96. The van der Waals surface area contributed by atoms with Gasteiger partial charge in [-0.2, -0.15) is 0 Å². The van der Waals surface area contributed by atoms with Crippen molar-refractivity contribution in [1.29, 1.82) is 0 Å². The number of hydrogen-bond acceptors (Lipinski definition) is 15. The molecule has 0 bridgehead atoms. The normalized spacial score (nSPS) is 14.0. The van der Waals surface area contributed by atoms with E-state index in [1.807, 2.05) is 0 Å². The number of unbranched alkanes of at least 4 members (excludes halogenated alkanes) is 47. The largest absolute Gasteiger partial charge is 0.472 e. The van der Waals surface area contributed by atoms with Gasteiger partial charge >= 0.3 is 39.5 Å². The fraction of sp³-hybridized carbons (Fsp3) is 0.949. The molecule has 0 fully saturated rings. The Bertz CT molecular complexity index is 1870. The maximum Gasteiger partial charge on any atom is 0.472 e. The van der Waals surface area contributed by atoms with Gasteiger partial charge < -0.3 is 33.8 Å². The van der Waals surface area contributed by atoms with Crippen LogP contribution in [0.5, 0.6) is 0 Å². The van der Waals surface area contributed by atoms with Crippen molar-refractivity contribution in [2.45, 2.75) is 426 Å². The lowest BCUT2D eigenvalue weighted by atomic mass is 10.0. The molecule has 0 amide bonds. The molecular weight excluding hydrogens is 1270 g/mol. The first kappa shape index (κ1) is 95.1. The van der Waals surface area contributed by atoms with Crippen LogP contribution in [0.1, 0.15) is 408 Å². The second-order valence-corrected chi connectivity index (χ2v) is 32.0. The van der Waals surface area contributed by atoms with Crippen LogP contribution in [0.4, 0.5) is 0 Å². The Balaban J connectivity index is 5.20. The van der Waals surface area contributed by atoms with Gasteiger partial charge in [-0.05, 0) is 37.5 Å². The molecule has 0 saturated heterocycles. The minimum Gasteiger partial charge on any atom is -0.462 e. The molecule has 0 rings (SSSR count). The number of rotatable bonds is 77. The fourth-order valence-corrected chi connectivity index (χ4v) is 13.6. The Hall–Kier alpha value is -1.94. The lowest BCUT2D eigenvalue weighted by Crippen LogP contribution is -2.30. The average molecular weight is 1420 g/mol. The highest BCUT2D eigenvalue weighted by molar-refractivity contribution is 7.47. The van der Waals surface area contributed by atoms with Gasteiger partial charge in [0, 0.05) is 25.7 Å². The molecule has 0 aromatic rings. The maximum atomic E-state index is 13.1. The summed E-state index contributed by atoms with van der Waals surface area (Å²) in [5.41, 5.74) is 0. The van der Waals surface area contributed by atoms with E-state index in [0.29, 0.717) is 25.7 Å². The van der Waals surface area contributed by atoms with Crippen LogP contribution < -0.4 is 0 Å². The molecule has 0 heterocycles. The van der Waals surface area contributed by atoms with E-state index in [-0.39, 0.29) is 25.7 Å². The molecule has 0 aliphatic carbocycles. The summed E-state index contributed by atoms with van der Waals surface area (Å²) in [4.78, 5) is 72.9. The average Bonchev–Trinajstić information content (AvgIpc) is 1.04. The maximum absolute atomic E-state index is 13.1. The zero-order valence-electron chi connectivity index (χ0n) is 63.4. The number of hydrogen-bond donors (Lipinski definition) is 3. The smallest absolute Gasteiger partial charge is 0.462 e. The Kier molecular flexibility index (Phi) is 68.4. The van der Waals surface area contributed by atoms with Gasteiger partial charge in [-0.1, -0.05) is 356 Å². The van der Waals surface area contributed by atoms with Crippen molar-refractivity contribution in [3.63, 3.8) is 0 Å². The van der Waals surface area contributed by atoms with Gasteiger partial charge in [0.1, 0.15) is 19.3 Å². The minimum absolute atomic E-state index is 0.106. The van der Waals surface area contributed by atoms with Crippen molar-refractivity contribution < 1.29 is 80.2 Å². The molecule has 19 heteroatoms. The van der Waals surface area contributed by atoms with Crippen LogP contribution in [0.15, 0.2) is 0 Å². The van der Waals surface area contributed by atoms with Crippen molar-refractivity contribution in [2.75, 3.05) is 39.6 Å². The van der Waals surface area contributed by atoms with Crippen molar-refractivity contribution in [3.05, 3.63) is 0 Å². The number of esters is 4. The van der Waals surface area contributed by atoms with Crippen molar-refractivity contribution >= 4 is 39.5 Å². The van der Waals surface area contributed by atoms with E-state index >= 15 is 0 Å². The van der Waals surface area contributed by atoms with Gasteiger partial charge in [-0.3, -0.25) is 37.3 Å². The van der Waals surface area contributed by atoms with Gasteiger partial charge in [0.05, 0.1) is 26.4 Å². The van der Waals surface area contributed by atoms with E-state index in [1.54, 1.807) is 0 Å². The quantitative estimate of drug-likeness (QED) is 0.0222. The highest BCUT2D eigenvalue weighted by Gasteiger charge is 2.30. The first-order valence-corrected chi connectivity index (χ1v) is 43.5. The molecule has 0 radical (unpaired) electrons. The third-order valence-electron chi connectivity index (χ3n) is 18.2. The van der Waals surface area contributed by atoms with Gasteiger partial charge in [0.15, 0.2) is 12.2 Å². The predicted octanol–water partition coefficient (Wildman–Crippen LogP) is 23.1. The molecule has 17 nitrogen and oxygen atoms in total. The second-order valence-electron chi connectivity index (χ2n) is 29.1. The van der Waals surface area contributed by atoms with E-state index in [2.05, 4.69) is 41.5 Å². The number of phosphoric acid groups is 2. The SMILES string of the molecule is CCCCCCCCCCCCCCCCCCCCCCCC(=O)O[C@H](COC(=O)CCCCCCCCCCCC(C)C)COP(=O)(O)OC[C@@H](O)COP(=O)(O)OC[C@@H](COC(=O)CCCCCCCCCCCCCC)OC(=O)CCCCCCCCCCCC(C)C. The first-order valence-electron chi connectivity index (χ1n) is 40.5. The molecular formula is C78H152O17P2. The van der Waals surface area contributed by atoms with E-state index in [9.17, 15) is 43.2 Å². The Labute approximate surface area is 594 Å². The zero-order chi connectivity index (χ0) is 71.4. The van der Waals surface area contributed by atoms with Crippen LogP contribution in [0.25, 0.3) is 0 Å². The van der Waals surface area contributed by atoms with Crippen molar-refractivity contribution in [2.24, 2.45) is 11.8 Å². The standard InChI is InChI=1S/C78H152O17P2/c1-7-9-11-13-15-17-19-21-22-23-24-25-26-27-28-29-31-37-44-50-56-62-77(82)94-73(67-89-76(81)61-55-49-43-38-32-34-40-46-52-58-70(3)4)68-92-96(84,85)90-64-72(79)65-91-97(86,87)93-69-74(95-78(83)63-57-51-45-39-33-35-41-47-53-59-71(5)6)66-88-75(80)60-54-48-42-36-30-20-18-16-14-12-10-8-2/h70-74,79H,7-69H2,1-6H3,(H,84,85)(H,86,87)/t72-,73-,74-/m1/s1. The summed E-state index contributed by atoms with van der Waals surface area (Å²) in [7, 11) is -9.91. The molecule has 0 aliphatic rings. The Morgan fingerprint density at radius 2 is 0.474 bits per heavy atom.